The standard InChI is InChI=1S/4C6H6.C3H6N2.2C3H8.2C2H6/c4*1-2-4-6-5-3-1;1-4-3-5-2;2*1-3-2;2*1-2/h4*1-6H;1-2H3;2*3H2,1-2H3;2*1-2H3. The van der Waals surface area contributed by atoms with Crippen LogP contribution in [0.2, 0.25) is 0 Å². The lowest BCUT2D eigenvalue weighted by molar-refractivity contribution is 1.09. The molecule has 0 saturated heterocycles. The van der Waals surface area contributed by atoms with Gasteiger partial charge in [-0.1, -0.05) is 214 Å². The van der Waals surface area contributed by atoms with Gasteiger partial charge in [-0.05, 0) is 0 Å². The fraction of sp³-hybridized carbons (Fsp3) is 0.324. The van der Waals surface area contributed by atoms with Crippen molar-refractivity contribution in [1.82, 2.24) is 0 Å². The Morgan fingerprint density at radius 2 is 0.385 bits per heavy atom. The molecule has 4 aromatic carbocycles. The summed E-state index contributed by atoms with van der Waals surface area (Å²) in [5, 5.41) is 0. The van der Waals surface area contributed by atoms with Crippen LogP contribution in [0.1, 0.15) is 68.2 Å². The number of benzene rings is 4. The molecule has 0 atom stereocenters. The van der Waals surface area contributed by atoms with Gasteiger partial charge >= 0.3 is 0 Å². The third kappa shape index (κ3) is 72.0. The van der Waals surface area contributed by atoms with E-state index in [1.807, 2.05) is 173 Å². The molecule has 0 unspecified atom stereocenters. The van der Waals surface area contributed by atoms with Gasteiger partial charge in [0.15, 0.2) is 0 Å². The summed E-state index contributed by atoms with van der Waals surface area (Å²) in [6, 6.07) is 50.4. The Bertz CT molecular complexity index is 586. The molecule has 0 aliphatic carbocycles. The molecule has 2 heteroatoms. The van der Waals surface area contributed by atoms with Crippen molar-refractivity contribution in [2.75, 3.05) is 14.1 Å². The summed E-state index contributed by atoms with van der Waals surface area (Å²) in [4.78, 5) is 6.88. The van der Waals surface area contributed by atoms with Crippen LogP contribution in [-0.2, 0) is 0 Å². The molecule has 0 saturated carbocycles. The Hall–Kier alpha value is -3.74. The van der Waals surface area contributed by atoms with Crippen molar-refractivity contribution in [2.45, 2.75) is 68.2 Å². The second-order valence-electron chi connectivity index (χ2n) is 6.58. The maximum Gasteiger partial charge on any atom is 0.0886 e. The van der Waals surface area contributed by atoms with Gasteiger partial charge in [-0.2, -0.15) is 0 Å². The largest absolute Gasteiger partial charge is 0.229 e. The van der Waals surface area contributed by atoms with E-state index in [9.17, 15) is 0 Å². The van der Waals surface area contributed by atoms with Gasteiger partial charge in [0.25, 0.3) is 0 Å². The van der Waals surface area contributed by atoms with Crippen LogP contribution >= 0.6 is 0 Å². The first-order valence-electron chi connectivity index (χ1n) is 14.2. The fourth-order valence-electron chi connectivity index (χ4n) is 1.64. The molecule has 0 N–H and O–H groups in total. The summed E-state index contributed by atoms with van der Waals surface area (Å²) >= 11 is 0. The first kappa shape index (κ1) is 45.2. The quantitative estimate of drug-likeness (QED) is 0.202. The van der Waals surface area contributed by atoms with Crippen LogP contribution < -0.4 is 0 Å². The first-order chi connectivity index (χ1) is 19.2. The molecule has 0 amide bonds. The lowest BCUT2D eigenvalue weighted by atomic mass is 10.4. The third-order valence-corrected chi connectivity index (χ3v) is 2.87. The minimum absolute atomic E-state index is 1.25. The number of hydrogen-bond donors (Lipinski definition) is 0. The zero-order chi connectivity index (χ0) is 30.5. The summed E-state index contributed by atoms with van der Waals surface area (Å²) in [7, 11) is 3.26. The molecule has 4 aromatic rings. The molecule has 216 valence electrons. The Balaban J connectivity index is -0.000000114. The van der Waals surface area contributed by atoms with Gasteiger partial charge in [0, 0.05) is 14.1 Å². The summed E-state index contributed by atoms with van der Waals surface area (Å²) < 4.78 is 0. The van der Waals surface area contributed by atoms with E-state index in [-0.39, 0.29) is 0 Å². The normalized spacial score (nSPS) is 6.82. The fourth-order valence-corrected chi connectivity index (χ4v) is 1.64. The van der Waals surface area contributed by atoms with E-state index in [0.717, 1.165) is 0 Å². The molecule has 4 rings (SSSR count). The van der Waals surface area contributed by atoms with E-state index in [4.69, 9.17) is 0 Å². The predicted molar refractivity (Wildman–Crippen MR) is 182 cm³/mol. The van der Waals surface area contributed by atoms with Crippen LogP contribution in [0, 0.1) is 0 Å². The maximum absolute atomic E-state index is 3.44. The second-order valence-corrected chi connectivity index (χ2v) is 6.58. The average Bonchev–Trinajstić information content (AvgIpc) is 3.05. The molecule has 0 aliphatic heterocycles. The Kier molecular flexibility index (Phi) is 68.8. The van der Waals surface area contributed by atoms with Crippen LogP contribution in [0.4, 0.5) is 0 Å². The second kappa shape index (κ2) is 59.4. The lowest BCUT2D eigenvalue weighted by Gasteiger charge is -1.69. The van der Waals surface area contributed by atoms with Gasteiger partial charge in [0.1, 0.15) is 0 Å². The van der Waals surface area contributed by atoms with E-state index in [0.29, 0.717) is 0 Å². The molecule has 39 heavy (non-hydrogen) atoms. The Morgan fingerprint density at radius 1 is 0.308 bits per heavy atom. The summed E-state index contributed by atoms with van der Waals surface area (Å²) in [6.45, 7) is 16.5. The molecule has 0 aliphatic rings. The average molecular weight is 531 g/mol. The van der Waals surface area contributed by atoms with E-state index < -0.39 is 0 Å². The summed E-state index contributed by atoms with van der Waals surface area (Å²) in [5.74, 6) is 0. The molecule has 0 spiro atoms. The van der Waals surface area contributed by atoms with Crippen LogP contribution in [0.3, 0.4) is 0 Å². The molecule has 2 nitrogen and oxygen atoms in total. The molecule has 0 bridgehead atoms. The highest BCUT2D eigenvalue weighted by Crippen LogP contribution is 1.81. The van der Waals surface area contributed by atoms with Crippen LogP contribution in [-0.4, -0.2) is 20.1 Å². The highest BCUT2D eigenvalue weighted by Gasteiger charge is 1.59. The summed E-state index contributed by atoms with van der Waals surface area (Å²) in [6.07, 6.45) is 2.50. The minimum Gasteiger partial charge on any atom is -0.229 e. The van der Waals surface area contributed by atoms with Crippen molar-refractivity contribution in [3.8, 4) is 0 Å². The number of aliphatic imine (C=N–C) groups is 2. The van der Waals surface area contributed by atoms with Crippen molar-refractivity contribution in [3.05, 3.63) is 146 Å². The lowest BCUT2D eigenvalue weighted by Crippen LogP contribution is -1.47. The van der Waals surface area contributed by atoms with Crippen molar-refractivity contribution in [3.63, 3.8) is 0 Å². The third-order valence-electron chi connectivity index (χ3n) is 2.87. The molecule has 0 fully saturated rings. The monoisotopic (exact) mass is 530 g/mol. The van der Waals surface area contributed by atoms with Crippen LogP contribution in [0.15, 0.2) is 156 Å². The molecular weight excluding hydrogens is 472 g/mol. The number of rotatable bonds is 0. The first-order valence-corrected chi connectivity index (χ1v) is 14.2. The van der Waals surface area contributed by atoms with Crippen LogP contribution in [0.25, 0.3) is 0 Å². The molecule has 0 heterocycles. The molecule has 0 aromatic heterocycles. The van der Waals surface area contributed by atoms with E-state index >= 15 is 0 Å². The van der Waals surface area contributed by atoms with Gasteiger partial charge < -0.3 is 0 Å². The van der Waals surface area contributed by atoms with Crippen molar-refractivity contribution in [1.29, 1.82) is 0 Å². The topological polar surface area (TPSA) is 24.7 Å². The highest BCUT2D eigenvalue weighted by atomic mass is 14.7. The van der Waals surface area contributed by atoms with Gasteiger partial charge in [0.2, 0.25) is 0 Å². The van der Waals surface area contributed by atoms with E-state index in [1.165, 1.54) is 12.8 Å². The Labute approximate surface area is 243 Å². The molecular formula is C37H58N2. The van der Waals surface area contributed by atoms with Crippen molar-refractivity contribution >= 4 is 6.01 Å². The van der Waals surface area contributed by atoms with E-state index in [2.05, 4.69) is 43.7 Å². The van der Waals surface area contributed by atoms with Crippen molar-refractivity contribution in [2.24, 2.45) is 9.98 Å². The van der Waals surface area contributed by atoms with Gasteiger partial charge in [-0.3, -0.25) is 0 Å². The maximum atomic E-state index is 3.44. The number of hydrogen-bond acceptors (Lipinski definition) is 2. The van der Waals surface area contributed by atoms with Gasteiger partial charge in [0.05, 0.1) is 6.01 Å². The zero-order valence-corrected chi connectivity index (χ0v) is 26.7. The van der Waals surface area contributed by atoms with E-state index in [1.54, 1.807) is 14.1 Å². The minimum atomic E-state index is 1.25. The Morgan fingerprint density at radius 3 is 0.410 bits per heavy atom. The number of nitrogens with zero attached hydrogens (tertiary/aromatic N) is 2. The zero-order valence-electron chi connectivity index (χ0n) is 26.7. The van der Waals surface area contributed by atoms with Crippen LogP contribution in [0.5, 0.6) is 0 Å². The van der Waals surface area contributed by atoms with Gasteiger partial charge in [-0.25, -0.2) is 9.98 Å². The highest BCUT2D eigenvalue weighted by molar-refractivity contribution is 5.39. The molecule has 0 radical (unpaired) electrons. The van der Waals surface area contributed by atoms with Crippen molar-refractivity contribution < 1.29 is 0 Å². The van der Waals surface area contributed by atoms with Gasteiger partial charge in [-0.15, -0.1) is 0 Å². The predicted octanol–water partition coefficient (Wildman–Crippen LogP) is 12.1. The SMILES string of the molecule is CC.CC.CCC.CCC.CN=C=NC.c1ccccc1.c1ccccc1.c1ccccc1.c1ccccc1. The summed E-state index contributed by atoms with van der Waals surface area (Å²) in [5.41, 5.74) is 0. The smallest absolute Gasteiger partial charge is 0.0886 e.